The van der Waals surface area contributed by atoms with Crippen LogP contribution in [0.4, 0.5) is 4.39 Å². The van der Waals surface area contributed by atoms with Gasteiger partial charge in [0.05, 0.1) is 6.10 Å². The molecule has 1 saturated carbocycles. The first-order valence-electron chi connectivity index (χ1n) is 7.16. The van der Waals surface area contributed by atoms with Crippen LogP contribution >= 0.6 is 0 Å². The Morgan fingerprint density at radius 2 is 2.19 bits per heavy atom. The monoisotopic (exact) mass is 290 g/mol. The molecule has 1 saturated heterocycles. The van der Waals surface area contributed by atoms with Gasteiger partial charge in [0.15, 0.2) is 0 Å². The van der Waals surface area contributed by atoms with E-state index in [1.54, 1.807) is 19.1 Å². The number of rotatable bonds is 5. The molecule has 1 aromatic rings. The van der Waals surface area contributed by atoms with Crippen LogP contribution in [0.1, 0.15) is 24.0 Å². The summed E-state index contributed by atoms with van der Waals surface area (Å²) in [6, 6.07) is 3.08. The summed E-state index contributed by atoms with van der Waals surface area (Å²) in [5, 5.41) is 5.73. The summed E-state index contributed by atoms with van der Waals surface area (Å²) in [4.78, 5) is 10.3. The van der Waals surface area contributed by atoms with Crippen LogP contribution in [0, 0.1) is 18.2 Å². The fraction of sp³-hybridized carbons (Fsp3) is 0.438. The Kier molecular flexibility index (Phi) is 3.68. The minimum Gasteiger partial charge on any atom is -0.490 e. The minimum atomic E-state index is -0.277. The summed E-state index contributed by atoms with van der Waals surface area (Å²) in [5.74, 6) is 0.395. The Labute approximate surface area is 123 Å². The number of carbonyl (C=O) groups is 1. The highest BCUT2D eigenvalue weighted by molar-refractivity contribution is 5.63. The SMILES string of the molecule is Cc1c(F)ccc(OC2CC3(CNC3)C2)c1/C=C\NC=O. The molecule has 1 aromatic carbocycles. The van der Waals surface area contributed by atoms with Crippen LogP contribution in [0.3, 0.4) is 0 Å². The molecule has 2 fully saturated rings. The van der Waals surface area contributed by atoms with E-state index in [0.29, 0.717) is 28.7 Å². The van der Waals surface area contributed by atoms with Crippen LogP contribution in [0.25, 0.3) is 6.08 Å². The van der Waals surface area contributed by atoms with Crippen molar-refractivity contribution in [2.45, 2.75) is 25.9 Å². The van der Waals surface area contributed by atoms with E-state index in [-0.39, 0.29) is 11.9 Å². The van der Waals surface area contributed by atoms with Crippen LogP contribution in [0.15, 0.2) is 18.3 Å². The molecule has 0 bridgehead atoms. The molecular formula is C16H19FN2O2. The van der Waals surface area contributed by atoms with Crippen molar-refractivity contribution in [3.8, 4) is 5.75 Å². The van der Waals surface area contributed by atoms with Crippen molar-refractivity contribution in [3.63, 3.8) is 0 Å². The van der Waals surface area contributed by atoms with Crippen LogP contribution in [-0.4, -0.2) is 25.6 Å². The van der Waals surface area contributed by atoms with Gasteiger partial charge in [0.1, 0.15) is 11.6 Å². The Bertz CT molecular complexity index is 574. The van der Waals surface area contributed by atoms with Crippen molar-refractivity contribution in [3.05, 3.63) is 35.3 Å². The van der Waals surface area contributed by atoms with Crippen molar-refractivity contribution in [2.75, 3.05) is 13.1 Å². The second-order valence-electron chi connectivity index (χ2n) is 5.95. The molecule has 1 amide bonds. The largest absolute Gasteiger partial charge is 0.490 e. The predicted octanol–water partition coefficient (Wildman–Crippen LogP) is 1.98. The third-order valence-corrected chi connectivity index (χ3v) is 4.44. The van der Waals surface area contributed by atoms with Crippen molar-refractivity contribution < 1.29 is 13.9 Å². The average molecular weight is 290 g/mol. The number of nitrogens with one attached hydrogen (secondary N) is 2. The Balaban J connectivity index is 1.74. The summed E-state index contributed by atoms with van der Waals surface area (Å²) in [7, 11) is 0. The predicted molar refractivity (Wildman–Crippen MR) is 78.3 cm³/mol. The highest BCUT2D eigenvalue weighted by Gasteiger charge is 2.49. The van der Waals surface area contributed by atoms with Crippen molar-refractivity contribution in [1.29, 1.82) is 0 Å². The van der Waals surface area contributed by atoms with Crippen LogP contribution < -0.4 is 15.4 Å². The van der Waals surface area contributed by atoms with Crippen molar-refractivity contribution in [2.24, 2.45) is 5.41 Å². The molecule has 112 valence electrons. The van der Waals surface area contributed by atoms with Gasteiger partial charge in [0, 0.05) is 30.3 Å². The van der Waals surface area contributed by atoms with Crippen LogP contribution in [0.2, 0.25) is 0 Å². The number of amides is 1. The molecule has 0 unspecified atom stereocenters. The van der Waals surface area contributed by atoms with Gasteiger partial charge in [-0.05, 0) is 43.5 Å². The first kappa shape index (κ1) is 14.1. The van der Waals surface area contributed by atoms with Gasteiger partial charge in [-0.15, -0.1) is 0 Å². The van der Waals surface area contributed by atoms with E-state index in [4.69, 9.17) is 4.74 Å². The van der Waals surface area contributed by atoms with E-state index in [0.717, 1.165) is 25.9 Å². The van der Waals surface area contributed by atoms with E-state index in [9.17, 15) is 9.18 Å². The second-order valence-corrected chi connectivity index (χ2v) is 5.95. The molecule has 4 nitrogen and oxygen atoms in total. The van der Waals surface area contributed by atoms with Gasteiger partial charge in [-0.25, -0.2) is 4.39 Å². The zero-order valence-electron chi connectivity index (χ0n) is 12.0. The van der Waals surface area contributed by atoms with E-state index in [2.05, 4.69) is 10.6 Å². The first-order valence-corrected chi connectivity index (χ1v) is 7.16. The molecule has 2 N–H and O–H groups in total. The second kappa shape index (κ2) is 5.48. The van der Waals surface area contributed by atoms with E-state index in [1.807, 2.05) is 0 Å². The molecule has 0 atom stereocenters. The van der Waals surface area contributed by atoms with Gasteiger partial charge < -0.3 is 15.4 Å². The summed E-state index contributed by atoms with van der Waals surface area (Å²) in [5.41, 5.74) is 1.64. The topological polar surface area (TPSA) is 50.4 Å². The number of hydrogen-bond acceptors (Lipinski definition) is 3. The summed E-state index contributed by atoms with van der Waals surface area (Å²) in [6.45, 7) is 3.86. The van der Waals surface area contributed by atoms with Gasteiger partial charge in [-0.3, -0.25) is 4.79 Å². The maximum Gasteiger partial charge on any atom is 0.211 e. The zero-order valence-corrected chi connectivity index (χ0v) is 12.0. The maximum absolute atomic E-state index is 13.7. The lowest BCUT2D eigenvalue weighted by atomic mass is 9.63. The maximum atomic E-state index is 13.7. The molecule has 2 aliphatic rings. The van der Waals surface area contributed by atoms with Gasteiger partial charge >= 0.3 is 0 Å². The summed E-state index contributed by atoms with van der Waals surface area (Å²) >= 11 is 0. The fourth-order valence-electron chi connectivity index (χ4n) is 3.09. The van der Waals surface area contributed by atoms with Gasteiger partial charge in [-0.2, -0.15) is 0 Å². The normalized spacial score (nSPS) is 20.1. The van der Waals surface area contributed by atoms with E-state index >= 15 is 0 Å². The Morgan fingerprint density at radius 1 is 1.43 bits per heavy atom. The quantitative estimate of drug-likeness (QED) is 0.815. The van der Waals surface area contributed by atoms with Gasteiger partial charge in [0.25, 0.3) is 0 Å². The van der Waals surface area contributed by atoms with Crippen LogP contribution in [0.5, 0.6) is 5.75 Å². The number of ether oxygens (including phenoxy) is 1. The lowest BCUT2D eigenvalue weighted by Crippen LogP contribution is -2.62. The summed E-state index contributed by atoms with van der Waals surface area (Å²) in [6.07, 6.45) is 6.02. The van der Waals surface area contributed by atoms with Crippen molar-refractivity contribution >= 4 is 12.5 Å². The minimum absolute atomic E-state index is 0.197. The average Bonchev–Trinajstić information content (AvgIpc) is 2.38. The molecule has 0 radical (unpaired) electrons. The summed E-state index contributed by atoms with van der Waals surface area (Å²) < 4.78 is 19.7. The molecule has 3 rings (SSSR count). The molecule has 21 heavy (non-hydrogen) atoms. The smallest absolute Gasteiger partial charge is 0.211 e. The molecule has 5 heteroatoms. The molecule has 1 heterocycles. The standard InChI is InChI=1S/C16H19FN2O2/c1-11-13(4-5-18-10-20)15(3-2-14(11)17)21-12-6-16(7-12)8-19-9-16/h2-5,10,12,19H,6-9H2,1H3,(H,18,20)/b5-4-. The third kappa shape index (κ3) is 2.65. The fourth-order valence-corrected chi connectivity index (χ4v) is 3.09. The number of halogens is 1. The number of benzene rings is 1. The highest BCUT2D eigenvalue weighted by atomic mass is 19.1. The lowest BCUT2D eigenvalue weighted by Gasteiger charge is -2.53. The Hall–Kier alpha value is -1.88. The molecule has 1 aliphatic carbocycles. The van der Waals surface area contributed by atoms with Crippen LogP contribution in [-0.2, 0) is 4.79 Å². The van der Waals surface area contributed by atoms with E-state index in [1.165, 1.54) is 12.3 Å². The van der Waals surface area contributed by atoms with Gasteiger partial charge in [-0.1, -0.05) is 0 Å². The number of hydrogen-bond donors (Lipinski definition) is 2. The zero-order chi connectivity index (χ0) is 14.9. The van der Waals surface area contributed by atoms with Gasteiger partial charge in [0.2, 0.25) is 6.41 Å². The third-order valence-electron chi connectivity index (χ3n) is 4.44. The molecule has 1 aliphatic heterocycles. The van der Waals surface area contributed by atoms with E-state index < -0.39 is 0 Å². The molecule has 0 aromatic heterocycles. The first-order chi connectivity index (χ1) is 10.1. The molecule has 1 spiro atoms. The number of carbonyl (C=O) groups excluding carboxylic acids is 1. The Morgan fingerprint density at radius 3 is 2.81 bits per heavy atom. The highest BCUT2D eigenvalue weighted by Crippen LogP contribution is 2.46. The molecular weight excluding hydrogens is 271 g/mol. The van der Waals surface area contributed by atoms with Crippen molar-refractivity contribution in [1.82, 2.24) is 10.6 Å². The lowest BCUT2D eigenvalue weighted by molar-refractivity contribution is -0.108.